The Morgan fingerprint density at radius 2 is 1.71 bits per heavy atom. The van der Waals surface area contributed by atoms with Gasteiger partial charge in [0.15, 0.2) is 0 Å². The Bertz CT molecular complexity index is 1030. The highest BCUT2D eigenvalue weighted by Crippen LogP contribution is 2.49. The van der Waals surface area contributed by atoms with Crippen LogP contribution in [0.5, 0.6) is 0 Å². The van der Waals surface area contributed by atoms with Gasteiger partial charge in [-0.05, 0) is 78.0 Å². The smallest absolute Gasteiger partial charge is 0.268 e. The molecule has 0 bridgehead atoms. The molecule has 1 N–H and O–H groups in total. The Morgan fingerprint density at radius 1 is 1.00 bits per heavy atom. The molecule has 3 fully saturated rings. The highest BCUT2D eigenvalue weighted by atomic mass is 16.2. The van der Waals surface area contributed by atoms with Gasteiger partial charge in [0.1, 0.15) is 5.69 Å². The number of benzene rings is 1. The van der Waals surface area contributed by atoms with Crippen molar-refractivity contribution in [1.82, 2.24) is 9.88 Å². The van der Waals surface area contributed by atoms with Crippen LogP contribution in [0.2, 0.25) is 0 Å². The largest absolute Gasteiger partial charge is 0.348 e. The molecule has 1 aromatic carbocycles. The van der Waals surface area contributed by atoms with E-state index in [0.717, 1.165) is 30.9 Å². The Kier molecular flexibility index (Phi) is 6.19. The van der Waals surface area contributed by atoms with Crippen LogP contribution in [0.15, 0.2) is 24.3 Å². The lowest BCUT2D eigenvalue weighted by molar-refractivity contribution is 0.0908. The van der Waals surface area contributed by atoms with Crippen molar-refractivity contribution in [2.24, 2.45) is 13.0 Å². The van der Waals surface area contributed by atoms with Crippen LogP contribution in [-0.2, 0) is 24.3 Å². The van der Waals surface area contributed by atoms with Gasteiger partial charge in [-0.25, -0.2) is 0 Å². The van der Waals surface area contributed by atoms with Crippen molar-refractivity contribution in [3.8, 4) is 11.1 Å². The van der Waals surface area contributed by atoms with Crippen molar-refractivity contribution in [3.63, 3.8) is 0 Å². The third kappa shape index (κ3) is 4.72. The van der Waals surface area contributed by atoms with E-state index in [0.29, 0.717) is 11.5 Å². The number of rotatable bonds is 6. The van der Waals surface area contributed by atoms with E-state index in [9.17, 15) is 4.79 Å². The molecule has 0 radical (unpaired) electrons. The maximum Gasteiger partial charge on any atom is 0.268 e. The van der Waals surface area contributed by atoms with Crippen molar-refractivity contribution in [3.05, 3.63) is 46.8 Å². The van der Waals surface area contributed by atoms with Crippen LogP contribution in [0.25, 0.3) is 11.1 Å². The molecule has 184 valence electrons. The number of amides is 1. The summed E-state index contributed by atoms with van der Waals surface area (Å²) in [6, 6.07) is 9.86. The van der Waals surface area contributed by atoms with E-state index in [-0.39, 0.29) is 11.3 Å². The summed E-state index contributed by atoms with van der Waals surface area (Å²) < 4.78 is 2.22. The maximum absolute atomic E-state index is 13.3. The van der Waals surface area contributed by atoms with Crippen molar-refractivity contribution in [2.45, 2.75) is 115 Å². The molecule has 3 heteroatoms. The minimum atomic E-state index is 0.0960. The molecule has 1 aromatic heterocycles. The van der Waals surface area contributed by atoms with Gasteiger partial charge >= 0.3 is 0 Å². The second kappa shape index (κ2) is 8.88. The van der Waals surface area contributed by atoms with Crippen LogP contribution in [0.3, 0.4) is 0 Å². The van der Waals surface area contributed by atoms with Gasteiger partial charge in [-0.2, -0.15) is 0 Å². The maximum atomic E-state index is 13.3. The third-order valence-corrected chi connectivity index (χ3v) is 9.04. The van der Waals surface area contributed by atoms with Gasteiger partial charge in [-0.3, -0.25) is 4.79 Å². The summed E-state index contributed by atoms with van der Waals surface area (Å²) in [5.74, 6) is 0.833. The normalized spacial score (nSPS) is 20.7. The topological polar surface area (TPSA) is 34.0 Å². The molecule has 34 heavy (non-hydrogen) atoms. The van der Waals surface area contributed by atoms with Crippen molar-refractivity contribution in [2.75, 3.05) is 0 Å². The number of hydrogen-bond donors (Lipinski definition) is 1. The molecule has 0 spiro atoms. The summed E-state index contributed by atoms with van der Waals surface area (Å²) in [4.78, 5) is 13.3. The lowest BCUT2D eigenvalue weighted by Crippen LogP contribution is -2.40. The van der Waals surface area contributed by atoms with Crippen molar-refractivity contribution >= 4 is 5.91 Å². The number of carbonyl (C=O) groups is 1. The molecule has 0 atom stereocenters. The molecule has 0 saturated heterocycles. The van der Waals surface area contributed by atoms with Gasteiger partial charge in [0.25, 0.3) is 5.91 Å². The van der Waals surface area contributed by atoms with Gasteiger partial charge in [0.05, 0.1) is 0 Å². The first-order valence-corrected chi connectivity index (χ1v) is 13.8. The summed E-state index contributed by atoms with van der Waals surface area (Å²) in [5.41, 5.74) is 8.06. The zero-order chi connectivity index (χ0) is 24.1. The Labute approximate surface area is 206 Å². The minimum Gasteiger partial charge on any atom is -0.348 e. The van der Waals surface area contributed by atoms with Gasteiger partial charge < -0.3 is 9.88 Å². The average Bonchev–Trinajstić information content (AvgIpc) is 3.45. The van der Waals surface area contributed by atoms with Crippen LogP contribution in [0, 0.1) is 5.92 Å². The van der Waals surface area contributed by atoms with Crippen LogP contribution in [0.1, 0.15) is 119 Å². The predicted octanol–water partition coefficient (Wildman–Crippen LogP) is 7.45. The summed E-state index contributed by atoms with van der Waals surface area (Å²) in [6.07, 6.45) is 13.8. The SMILES string of the molecule is Cn1c(C(=O)NC2CCC2)cc(-c2cc(C(C)(C)C)cc(C3(C)CC3)c2)c1CC1CCCCC1. The first-order chi connectivity index (χ1) is 16.1. The monoisotopic (exact) mass is 460 g/mol. The van der Waals surface area contributed by atoms with E-state index in [2.05, 4.69) is 68.9 Å². The van der Waals surface area contributed by atoms with E-state index >= 15 is 0 Å². The van der Waals surface area contributed by atoms with Gasteiger partial charge in [-0.15, -0.1) is 0 Å². The summed E-state index contributed by atoms with van der Waals surface area (Å²) >= 11 is 0. The lowest BCUT2D eigenvalue weighted by Gasteiger charge is -2.26. The quantitative estimate of drug-likeness (QED) is 0.477. The fraction of sp³-hybridized carbons (Fsp3) is 0.645. The molecule has 0 aliphatic heterocycles. The molecular weight excluding hydrogens is 416 g/mol. The summed E-state index contributed by atoms with van der Waals surface area (Å²) in [5, 5.41) is 3.29. The fourth-order valence-electron chi connectivity index (χ4n) is 5.87. The molecule has 2 aromatic rings. The Balaban J connectivity index is 1.58. The molecule has 0 unspecified atom stereocenters. The Morgan fingerprint density at radius 3 is 2.29 bits per heavy atom. The van der Waals surface area contributed by atoms with Crippen molar-refractivity contribution in [1.29, 1.82) is 0 Å². The van der Waals surface area contributed by atoms with E-state index in [1.165, 1.54) is 79.3 Å². The molecule has 3 saturated carbocycles. The number of hydrogen-bond acceptors (Lipinski definition) is 1. The van der Waals surface area contributed by atoms with Gasteiger partial charge in [-0.1, -0.05) is 78.0 Å². The fourth-order valence-corrected chi connectivity index (χ4v) is 5.87. The van der Waals surface area contributed by atoms with E-state index in [1.54, 1.807) is 0 Å². The van der Waals surface area contributed by atoms with Crippen LogP contribution >= 0.6 is 0 Å². The minimum absolute atomic E-state index is 0.0960. The van der Waals surface area contributed by atoms with Gasteiger partial charge in [0.2, 0.25) is 0 Å². The van der Waals surface area contributed by atoms with E-state index in [4.69, 9.17) is 0 Å². The highest BCUT2D eigenvalue weighted by molar-refractivity contribution is 5.95. The standard InChI is InChI=1S/C31H44N2O/c1-30(2,3)23-17-22(18-24(19-23)31(4)14-15-31)26-20-28(29(34)32-25-12-9-13-25)33(5)27(26)16-21-10-7-6-8-11-21/h17-21,25H,6-16H2,1-5H3,(H,32,34). The molecule has 1 heterocycles. The third-order valence-electron chi connectivity index (χ3n) is 9.04. The summed E-state index contributed by atoms with van der Waals surface area (Å²) in [6.45, 7) is 9.35. The van der Waals surface area contributed by atoms with Crippen LogP contribution < -0.4 is 5.32 Å². The molecular formula is C31H44N2O. The Hall–Kier alpha value is -2.03. The highest BCUT2D eigenvalue weighted by Gasteiger charge is 2.40. The second-order valence-corrected chi connectivity index (χ2v) is 12.9. The predicted molar refractivity (Wildman–Crippen MR) is 142 cm³/mol. The molecule has 3 aliphatic carbocycles. The number of nitrogens with one attached hydrogen (secondary N) is 1. The van der Waals surface area contributed by atoms with Crippen LogP contribution in [-0.4, -0.2) is 16.5 Å². The summed E-state index contributed by atoms with van der Waals surface area (Å²) in [7, 11) is 2.12. The second-order valence-electron chi connectivity index (χ2n) is 12.9. The molecule has 5 rings (SSSR count). The first kappa shape index (κ1) is 23.7. The first-order valence-electron chi connectivity index (χ1n) is 13.8. The van der Waals surface area contributed by atoms with E-state index in [1.807, 2.05) is 0 Å². The lowest BCUT2D eigenvalue weighted by atomic mass is 9.81. The van der Waals surface area contributed by atoms with E-state index < -0.39 is 0 Å². The molecule has 3 nitrogen and oxygen atoms in total. The van der Waals surface area contributed by atoms with Crippen molar-refractivity contribution < 1.29 is 4.79 Å². The van der Waals surface area contributed by atoms with Crippen LogP contribution in [0.4, 0.5) is 0 Å². The zero-order valence-corrected chi connectivity index (χ0v) is 22.1. The zero-order valence-electron chi connectivity index (χ0n) is 22.1. The molecule has 1 amide bonds. The average molecular weight is 461 g/mol. The number of aromatic nitrogens is 1. The number of nitrogens with zero attached hydrogens (tertiary/aromatic N) is 1. The van der Waals surface area contributed by atoms with Gasteiger partial charge in [0, 0.05) is 24.3 Å². The molecule has 3 aliphatic rings. The number of carbonyl (C=O) groups excluding carboxylic acids is 1.